The van der Waals surface area contributed by atoms with Gasteiger partial charge in [-0.2, -0.15) is 0 Å². The van der Waals surface area contributed by atoms with Gasteiger partial charge in [-0.3, -0.25) is 4.79 Å². The zero-order valence-corrected chi connectivity index (χ0v) is 14.5. The number of piperidine rings is 1. The number of fused-ring (bicyclic) bond motifs is 1. The molecule has 1 heterocycles. The lowest BCUT2D eigenvalue weighted by Crippen LogP contribution is -2.48. The second-order valence-electron chi connectivity index (χ2n) is 7.69. The molecule has 2 atom stereocenters. The molecule has 5 nitrogen and oxygen atoms in total. The van der Waals surface area contributed by atoms with Crippen LogP contribution in [0.25, 0.3) is 0 Å². The predicted molar refractivity (Wildman–Crippen MR) is 93.5 cm³/mol. The zero-order valence-electron chi connectivity index (χ0n) is 14.5. The molecule has 5 heteroatoms. The minimum absolute atomic E-state index is 0.0421. The van der Waals surface area contributed by atoms with Crippen LogP contribution in [0.5, 0.6) is 0 Å². The lowest BCUT2D eigenvalue weighted by molar-refractivity contribution is -0.127. The molecule has 2 aliphatic rings. The Kier molecular flexibility index (Phi) is 4.52. The Morgan fingerprint density at radius 2 is 2.00 bits per heavy atom. The summed E-state index contributed by atoms with van der Waals surface area (Å²) < 4.78 is 0. The number of nitrogens with two attached hydrogens (primary N) is 1. The van der Waals surface area contributed by atoms with E-state index in [1.807, 2.05) is 6.07 Å². The summed E-state index contributed by atoms with van der Waals surface area (Å²) in [5.41, 5.74) is 8.06. The van der Waals surface area contributed by atoms with Crippen LogP contribution in [0, 0.1) is 5.92 Å². The summed E-state index contributed by atoms with van der Waals surface area (Å²) in [6.07, 6.45) is 3.64. The van der Waals surface area contributed by atoms with E-state index in [2.05, 4.69) is 37.4 Å². The minimum Gasteiger partial charge on any atom is -0.351 e. The first kappa shape index (κ1) is 16.8. The van der Waals surface area contributed by atoms with Crippen LogP contribution in [0.3, 0.4) is 0 Å². The third-order valence-corrected chi connectivity index (χ3v) is 5.54. The summed E-state index contributed by atoms with van der Waals surface area (Å²) in [6, 6.07) is 8.02. The monoisotopic (exact) mass is 329 g/mol. The van der Waals surface area contributed by atoms with Gasteiger partial charge in [-0.1, -0.05) is 38.1 Å². The molecular weight excluding hydrogens is 302 g/mol. The lowest BCUT2D eigenvalue weighted by atomic mass is 9.71. The summed E-state index contributed by atoms with van der Waals surface area (Å²) in [7, 11) is 0. The first-order valence-corrected chi connectivity index (χ1v) is 8.82. The van der Waals surface area contributed by atoms with Crippen LogP contribution in [0.1, 0.15) is 56.7 Å². The molecule has 3 rings (SSSR count). The number of hydrogen-bond donors (Lipinski definition) is 2. The normalized spacial score (nSPS) is 25.7. The Hall–Kier alpha value is -2.04. The number of likely N-dealkylation sites (tertiary alicyclic amines) is 1. The van der Waals surface area contributed by atoms with Crippen molar-refractivity contribution in [2.75, 3.05) is 13.1 Å². The SMILES string of the molecule is CC1(C)CC[C@H](NC(=O)[C@H]2CCCN(C(N)=O)C2)c2ccccc21. The zero-order chi connectivity index (χ0) is 17.3. The molecule has 3 N–H and O–H groups in total. The first-order chi connectivity index (χ1) is 11.4. The Morgan fingerprint density at radius 1 is 1.25 bits per heavy atom. The fourth-order valence-corrected chi connectivity index (χ4v) is 4.04. The lowest BCUT2D eigenvalue weighted by Gasteiger charge is -2.38. The minimum atomic E-state index is -0.433. The van der Waals surface area contributed by atoms with Crippen LogP contribution in [-0.4, -0.2) is 29.9 Å². The van der Waals surface area contributed by atoms with Gasteiger partial charge in [-0.15, -0.1) is 0 Å². The van der Waals surface area contributed by atoms with Crippen LogP contribution >= 0.6 is 0 Å². The number of urea groups is 1. The van der Waals surface area contributed by atoms with Crippen LogP contribution in [-0.2, 0) is 10.2 Å². The molecule has 0 spiro atoms. The molecule has 1 aliphatic carbocycles. The van der Waals surface area contributed by atoms with Crippen molar-refractivity contribution in [3.63, 3.8) is 0 Å². The van der Waals surface area contributed by atoms with Gasteiger partial charge in [0.05, 0.1) is 12.0 Å². The molecule has 3 amide bonds. The predicted octanol–water partition coefficient (Wildman–Crippen LogP) is 2.71. The van der Waals surface area contributed by atoms with E-state index in [9.17, 15) is 9.59 Å². The third-order valence-electron chi connectivity index (χ3n) is 5.54. The van der Waals surface area contributed by atoms with Gasteiger partial charge in [0, 0.05) is 13.1 Å². The highest BCUT2D eigenvalue weighted by Crippen LogP contribution is 2.41. The molecule has 0 aromatic heterocycles. The average Bonchev–Trinajstić information content (AvgIpc) is 2.58. The van der Waals surface area contributed by atoms with Crippen molar-refractivity contribution >= 4 is 11.9 Å². The van der Waals surface area contributed by atoms with Crippen molar-refractivity contribution in [1.29, 1.82) is 0 Å². The smallest absolute Gasteiger partial charge is 0.314 e. The highest BCUT2D eigenvalue weighted by atomic mass is 16.2. The number of amides is 3. The number of carbonyl (C=O) groups excluding carboxylic acids is 2. The third kappa shape index (κ3) is 3.25. The van der Waals surface area contributed by atoms with E-state index in [0.717, 1.165) is 25.7 Å². The van der Waals surface area contributed by atoms with E-state index in [0.29, 0.717) is 13.1 Å². The molecule has 24 heavy (non-hydrogen) atoms. The molecule has 1 fully saturated rings. The van der Waals surface area contributed by atoms with Crippen molar-refractivity contribution in [3.8, 4) is 0 Å². The van der Waals surface area contributed by atoms with Crippen LogP contribution in [0.4, 0.5) is 4.79 Å². The van der Waals surface area contributed by atoms with E-state index >= 15 is 0 Å². The Balaban J connectivity index is 1.72. The number of nitrogens with one attached hydrogen (secondary N) is 1. The van der Waals surface area contributed by atoms with Gasteiger partial charge >= 0.3 is 6.03 Å². The van der Waals surface area contributed by atoms with Crippen molar-refractivity contribution in [3.05, 3.63) is 35.4 Å². The quantitative estimate of drug-likeness (QED) is 0.875. The molecule has 0 unspecified atom stereocenters. The molecule has 130 valence electrons. The maximum absolute atomic E-state index is 12.7. The highest BCUT2D eigenvalue weighted by molar-refractivity contribution is 5.81. The van der Waals surface area contributed by atoms with Crippen molar-refractivity contribution < 1.29 is 9.59 Å². The number of nitrogens with zero attached hydrogens (tertiary/aromatic N) is 1. The fraction of sp³-hybridized carbons (Fsp3) is 0.579. The first-order valence-electron chi connectivity index (χ1n) is 8.82. The van der Waals surface area contributed by atoms with Gasteiger partial charge in [0.1, 0.15) is 0 Å². The maximum atomic E-state index is 12.7. The Morgan fingerprint density at radius 3 is 2.75 bits per heavy atom. The molecule has 0 radical (unpaired) electrons. The van der Waals surface area contributed by atoms with E-state index < -0.39 is 6.03 Å². The molecule has 1 saturated heterocycles. The van der Waals surface area contributed by atoms with Gasteiger partial charge in [0.25, 0.3) is 0 Å². The van der Waals surface area contributed by atoms with E-state index in [4.69, 9.17) is 5.73 Å². The van der Waals surface area contributed by atoms with E-state index in [-0.39, 0.29) is 23.3 Å². The Bertz CT molecular complexity index is 641. The Labute approximate surface area is 143 Å². The molecule has 0 bridgehead atoms. The molecule has 1 aromatic carbocycles. The number of carbonyl (C=O) groups is 2. The summed E-state index contributed by atoms with van der Waals surface area (Å²) in [4.78, 5) is 25.7. The summed E-state index contributed by atoms with van der Waals surface area (Å²) in [5, 5.41) is 3.22. The summed E-state index contributed by atoms with van der Waals surface area (Å²) >= 11 is 0. The topological polar surface area (TPSA) is 75.4 Å². The molecule has 1 aromatic rings. The highest BCUT2D eigenvalue weighted by Gasteiger charge is 2.35. The molecular formula is C19H27N3O2. The second-order valence-corrected chi connectivity index (χ2v) is 7.69. The van der Waals surface area contributed by atoms with Crippen molar-refractivity contribution in [2.24, 2.45) is 11.7 Å². The standard InChI is InChI=1S/C19H27N3O2/c1-19(2)10-9-16(14-7-3-4-8-15(14)19)21-17(23)13-6-5-11-22(12-13)18(20)24/h3-4,7-8,13,16H,5-6,9-12H2,1-2H3,(H2,20,24)(H,21,23)/t13-,16-/m0/s1. The van der Waals surface area contributed by atoms with E-state index in [1.54, 1.807) is 4.90 Å². The number of hydrogen-bond acceptors (Lipinski definition) is 2. The van der Waals surface area contributed by atoms with Gasteiger partial charge in [-0.25, -0.2) is 4.79 Å². The van der Waals surface area contributed by atoms with Crippen molar-refractivity contribution in [1.82, 2.24) is 10.2 Å². The molecule has 1 aliphatic heterocycles. The second kappa shape index (κ2) is 6.46. The fourth-order valence-electron chi connectivity index (χ4n) is 4.04. The van der Waals surface area contributed by atoms with E-state index in [1.165, 1.54) is 11.1 Å². The van der Waals surface area contributed by atoms with Gasteiger partial charge in [0.15, 0.2) is 0 Å². The average molecular weight is 329 g/mol. The largest absolute Gasteiger partial charge is 0.351 e. The van der Waals surface area contributed by atoms with Crippen LogP contribution in [0.15, 0.2) is 24.3 Å². The van der Waals surface area contributed by atoms with Gasteiger partial charge in [0.2, 0.25) is 5.91 Å². The maximum Gasteiger partial charge on any atom is 0.314 e. The summed E-state index contributed by atoms with van der Waals surface area (Å²) in [5.74, 6) is -0.117. The van der Waals surface area contributed by atoms with Crippen LogP contribution in [0.2, 0.25) is 0 Å². The van der Waals surface area contributed by atoms with Gasteiger partial charge in [-0.05, 0) is 42.2 Å². The van der Waals surface area contributed by atoms with Crippen molar-refractivity contribution in [2.45, 2.75) is 51.0 Å². The summed E-state index contributed by atoms with van der Waals surface area (Å²) in [6.45, 7) is 5.60. The molecule has 0 saturated carbocycles. The van der Waals surface area contributed by atoms with Crippen LogP contribution < -0.4 is 11.1 Å². The number of benzene rings is 1. The number of primary amides is 1. The number of rotatable bonds is 2. The van der Waals surface area contributed by atoms with Gasteiger partial charge < -0.3 is 16.0 Å².